The molecule has 1 atom stereocenters. The number of carbonyl (C=O) groups is 3. The minimum absolute atomic E-state index is 0.0466. The molecule has 62 heavy (non-hydrogen) atoms. The molecule has 3 amide bonds. The zero-order chi connectivity index (χ0) is 42.2. The molecule has 1 aliphatic carbocycles. The van der Waals surface area contributed by atoms with Gasteiger partial charge in [-0.05, 0) is 80.0 Å². The summed E-state index contributed by atoms with van der Waals surface area (Å²) in [5.74, 6) is 0.456. The third-order valence-corrected chi connectivity index (χ3v) is 13.0. The number of aromatic nitrogens is 7. The van der Waals surface area contributed by atoms with E-state index in [0.717, 1.165) is 104 Å². The molecule has 4 fully saturated rings. The molecular formula is C45H49N13O4. The monoisotopic (exact) mass is 835 g/mol. The van der Waals surface area contributed by atoms with Crippen molar-refractivity contribution in [1.29, 1.82) is 0 Å². The molecule has 3 N–H and O–H groups in total. The molecule has 17 heteroatoms. The fraction of sp³-hybridized carbons (Fsp3) is 0.400. The van der Waals surface area contributed by atoms with Gasteiger partial charge < -0.3 is 25.0 Å². The smallest absolute Gasteiger partial charge is 0.280 e. The van der Waals surface area contributed by atoms with E-state index >= 15 is 0 Å². The first kappa shape index (κ1) is 39.4. The van der Waals surface area contributed by atoms with Crippen LogP contribution in [0.4, 0.5) is 22.9 Å². The van der Waals surface area contributed by atoms with Gasteiger partial charge in [-0.15, -0.1) is 5.10 Å². The maximum Gasteiger partial charge on any atom is 0.280 e. The fourth-order valence-electron chi connectivity index (χ4n) is 9.47. The lowest BCUT2D eigenvalue weighted by Gasteiger charge is -2.40. The third kappa shape index (κ3) is 8.07. The summed E-state index contributed by atoms with van der Waals surface area (Å²) in [6, 6.07) is 23.4. The number of carbonyl (C=O) groups excluding carboxylic acids is 3. The Balaban J connectivity index is 0.696. The molecule has 0 radical (unpaired) electrons. The number of hydrogen-bond donors (Lipinski definition) is 3. The summed E-state index contributed by atoms with van der Waals surface area (Å²) < 4.78 is 3.24. The molecule has 0 unspecified atom stereocenters. The first-order valence-electron chi connectivity index (χ1n) is 21.6. The Labute approximate surface area is 357 Å². The summed E-state index contributed by atoms with van der Waals surface area (Å²) in [5.41, 5.74) is 5.58. The predicted molar refractivity (Wildman–Crippen MR) is 234 cm³/mol. The second-order valence-electron chi connectivity index (χ2n) is 17.0. The average molecular weight is 836 g/mol. The summed E-state index contributed by atoms with van der Waals surface area (Å²) in [6.07, 6.45) is 8.07. The van der Waals surface area contributed by atoms with Gasteiger partial charge in [0.15, 0.2) is 17.0 Å². The molecule has 0 spiro atoms. The van der Waals surface area contributed by atoms with Crippen LogP contribution in [-0.2, 0) is 20.8 Å². The molecule has 6 aromatic rings. The van der Waals surface area contributed by atoms with Gasteiger partial charge in [-0.2, -0.15) is 4.68 Å². The van der Waals surface area contributed by atoms with E-state index in [1.807, 2.05) is 48.8 Å². The zero-order valence-electron chi connectivity index (χ0n) is 34.4. The van der Waals surface area contributed by atoms with E-state index in [9.17, 15) is 19.2 Å². The second-order valence-corrected chi connectivity index (χ2v) is 17.0. The van der Waals surface area contributed by atoms with Crippen molar-refractivity contribution in [3.63, 3.8) is 0 Å². The lowest BCUT2D eigenvalue weighted by molar-refractivity contribution is -0.136. The molecular weight excluding hydrogens is 787 g/mol. The van der Waals surface area contributed by atoms with Crippen molar-refractivity contribution in [3.8, 4) is 0 Å². The van der Waals surface area contributed by atoms with Crippen LogP contribution in [0.5, 0.6) is 0 Å². The van der Waals surface area contributed by atoms with Crippen molar-refractivity contribution in [3.05, 3.63) is 101 Å². The molecule has 17 nitrogen and oxygen atoms in total. The van der Waals surface area contributed by atoms with Crippen molar-refractivity contribution in [2.45, 2.75) is 63.1 Å². The summed E-state index contributed by atoms with van der Waals surface area (Å²) >= 11 is 0. The second kappa shape index (κ2) is 17.0. The largest absolute Gasteiger partial charge is 0.372 e. The number of piperidine rings is 2. The first-order valence-corrected chi connectivity index (χ1v) is 21.6. The van der Waals surface area contributed by atoms with Gasteiger partial charge in [0.2, 0.25) is 11.8 Å². The number of nitrogens with zero attached hydrogens (tertiary/aromatic N) is 10. The van der Waals surface area contributed by atoms with E-state index in [-0.39, 0.29) is 42.3 Å². The summed E-state index contributed by atoms with van der Waals surface area (Å²) in [5, 5.41) is 17.8. The van der Waals surface area contributed by atoms with Crippen molar-refractivity contribution in [2.75, 3.05) is 60.9 Å². The highest BCUT2D eigenvalue weighted by Crippen LogP contribution is 2.36. The molecule has 1 saturated carbocycles. The highest BCUT2D eigenvalue weighted by Gasteiger charge is 2.34. The zero-order valence-corrected chi connectivity index (χ0v) is 34.4. The van der Waals surface area contributed by atoms with E-state index in [1.165, 1.54) is 5.69 Å². The van der Waals surface area contributed by atoms with Gasteiger partial charge in [-0.25, -0.2) is 15.0 Å². The number of imidazole rings is 1. The van der Waals surface area contributed by atoms with E-state index in [1.54, 1.807) is 12.4 Å². The molecule has 3 aromatic carbocycles. The molecule has 4 aliphatic rings. The van der Waals surface area contributed by atoms with Gasteiger partial charge in [0.05, 0.1) is 23.8 Å². The van der Waals surface area contributed by atoms with Crippen molar-refractivity contribution < 1.29 is 14.4 Å². The molecule has 3 saturated heterocycles. The van der Waals surface area contributed by atoms with Crippen LogP contribution in [-0.4, -0.2) is 109 Å². The normalized spacial score (nSPS) is 21.2. The van der Waals surface area contributed by atoms with Crippen LogP contribution in [0.3, 0.4) is 0 Å². The number of nitrogens with one attached hydrogen (secondary N) is 3. The molecule has 6 heterocycles. The van der Waals surface area contributed by atoms with Gasteiger partial charge in [-0.3, -0.25) is 29.4 Å². The van der Waals surface area contributed by atoms with Crippen LogP contribution in [0, 0.1) is 5.92 Å². The van der Waals surface area contributed by atoms with Crippen LogP contribution in [0.25, 0.3) is 22.1 Å². The molecule has 318 valence electrons. The Bertz CT molecular complexity index is 2660. The van der Waals surface area contributed by atoms with E-state index < -0.39 is 11.9 Å². The summed E-state index contributed by atoms with van der Waals surface area (Å²) in [4.78, 5) is 71.6. The van der Waals surface area contributed by atoms with Crippen molar-refractivity contribution in [2.24, 2.45) is 5.92 Å². The average Bonchev–Trinajstić information content (AvgIpc) is 3.71. The lowest BCUT2D eigenvalue weighted by atomic mass is 9.86. The lowest BCUT2D eigenvalue weighted by Crippen LogP contribution is -2.49. The number of fused-ring (bicyclic) bond motifs is 2. The molecule has 3 aromatic heterocycles. The summed E-state index contributed by atoms with van der Waals surface area (Å²) in [6.45, 7) is 6.37. The minimum Gasteiger partial charge on any atom is -0.372 e. The summed E-state index contributed by atoms with van der Waals surface area (Å²) in [7, 11) is 0. The van der Waals surface area contributed by atoms with E-state index in [0.29, 0.717) is 29.1 Å². The Kier molecular flexibility index (Phi) is 10.8. The van der Waals surface area contributed by atoms with Gasteiger partial charge >= 0.3 is 0 Å². The maximum absolute atomic E-state index is 13.7. The maximum atomic E-state index is 13.7. The number of rotatable bonds is 11. The van der Waals surface area contributed by atoms with Gasteiger partial charge in [0.25, 0.3) is 11.5 Å². The van der Waals surface area contributed by atoms with Crippen molar-refractivity contribution in [1.82, 2.24) is 50.0 Å². The number of anilines is 4. The molecule has 3 aliphatic heterocycles. The third-order valence-electron chi connectivity index (χ3n) is 13.0. The molecule has 10 rings (SSSR count). The van der Waals surface area contributed by atoms with Gasteiger partial charge in [0.1, 0.15) is 17.9 Å². The Hall–Kier alpha value is -6.75. The Morgan fingerprint density at radius 3 is 2.37 bits per heavy atom. The number of imide groups is 1. The first-order chi connectivity index (χ1) is 30.3. The number of benzene rings is 3. The number of amides is 3. The van der Waals surface area contributed by atoms with Crippen molar-refractivity contribution >= 4 is 62.7 Å². The SMILES string of the molecule is O=C1CC[C@H](n2nnc3cccc(N4CCN(CC5CCN(c6ccc(Nc7ncnc8c7ncn8C7CC(NC(=O)Cc8ccccc8)C7)cc6)CC5)CC4)c3c2=O)C(=O)N1. The van der Waals surface area contributed by atoms with Crippen LogP contribution < -0.4 is 31.3 Å². The fourth-order valence-corrected chi connectivity index (χ4v) is 9.47. The van der Waals surface area contributed by atoms with Crippen LogP contribution >= 0.6 is 0 Å². The highest BCUT2D eigenvalue weighted by molar-refractivity contribution is 5.99. The quantitative estimate of drug-likeness (QED) is 0.160. The Morgan fingerprint density at radius 2 is 1.60 bits per heavy atom. The van der Waals surface area contributed by atoms with E-state index in [2.05, 4.69) is 79.8 Å². The molecule has 0 bridgehead atoms. The highest BCUT2D eigenvalue weighted by atomic mass is 16.2. The Morgan fingerprint density at radius 1 is 0.806 bits per heavy atom. The van der Waals surface area contributed by atoms with Gasteiger partial charge in [0, 0.05) is 75.7 Å². The van der Waals surface area contributed by atoms with Crippen LogP contribution in [0.2, 0.25) is 0 Å². The van der Waals surface area contributed by atoms with Crippen LogP contribution in [0.1, 0.15) is 56.2 Å². The minimum atomic E-state index is -0.856. The number of hydrogen-bond acceptors (Lipinski definition) is 13. The topological polar surface area (TPSA) is 188 Å². The predicted octanol–water partition coefficient (Wildman–Crippen LogP) is 3.75. The van der Waals surface area contributed by atoms with Crippen LogP contribution in [0.15, 0.2) is 90.2 Å². The van der Waals surface area contributed by atoms with E-state index in [4.69, 9.17) is 4.98 Å². The standard InChI is InChI=1S/C45H49N13O4/c59-38-14-13-37(44(61)51-38)58-45(62)40-35(52-53-58)7-4-8-36(40)56-21-19-54(20-22-56)26-30-15-17-55(18-16-30)33-11-9-31(10-12-33)50-42-41-43(47-27-46-42)57(28-48-41)34-24-32(25-34)49-39(60)23-29-5-2-1-3-6-29/h1-12,27-28,30,32,34,37H,13-26H2,(H,49,60)(H,46,47,50)(H,51,59,61)/t32?,34?,37-/m0/s1. The van der Waals surface area contributed by atoms with Gasteiger partial charge in [-0.1, -0.05) is 41.6 Å². The number of piperazine rings is 1.